The molecule has 180 valence electrons. The largest absolute Gasteiger partial charge is 0.477 e. The molecular weight excluding hydrogens is 469 g/mol. The summed E-state index contributed by atoms with van der Waals surface area (Å²) in [6, 6.07) is 12.2. The molecule has 3 heterocycles. The molecular formula is C26H24FN3O4S. The molecule has 0 fully saturated rings. The molecule has 1 unspecified atom stereocenters. The van der Waals surface area contributed by atoms with E-state index in [9.17, 15) is 23.1 Å². The minimum absolute atomic E-state index is 0.0355. The Morgan fingerprint density at radius 1 is 1.14 bits per heavy atom. The van der Waals surface area contributed by atoms with E-state index in [1.165, 1.54) is 12.1 Å². The summed E-state index contributed by atoms with van der Waals surface area (Å²) in [5, 5.41) is 11.8. The quantitative estimate of drug-likeness (QED) is 0.209. The van der Waals surface area contributed by atoms with E-state index in [0.29, 0.717) is 28.9 Å². The van der Waals surface area contributed by atoms with Gasteiger partial charge in [-0.3, -0.25) is 0 Å². The van der Waals surface area contributed by atoms with Crippen LogP contribution in [0, 0.1) is 5.82 Å². The molecule has 0 saturated carbocycles. The van der Waals surface area contributed by atoms with Gasteiger partial charge in [-0.15, -0.1) is 0 Å². The SMILES string of the molecule is CC(C)c1c(-c2cc(F)cc3[nH]ccc23)[nH]c(C(=O)O)c1-c1cccc2c1ccn2CCS(=O)O. The van der Waals surface area contributed by atoms with Crippen molar-refractivity contribution < 1.29 is 23.1 Å². The van der Waals surface area contributed by atoms with Crippen molar-refractivity contribution in [1.82, 2.24) is 14.5 Å². The zero-order valence-electron chi connectivity index (χ0n) is 19.1. The number of aromatic carboxylic acids is 1. The van der Waals surface area contributed by atoms with Gasteiger partial charge in [0.25, 0.3) is 0 Å². The van der Waals surface area contributed by atoms with Gasteiger partial charge in [-0.05, 0) is 47.4 Å². The van der Waals surface area contributed by atoms with E-state index in [-0.39, 0.29) is 17.4 Å². The molecule has 7 nitrogen and oxygen atoms in total. The zero-order valence-corrected chi connectivity index (χ0v) is 19.9. The summed E-state index contributed by atoms with van der Waals surface area (Å²) in [4.78, 5) is 18.6. The predicted molar refractivity (Wildman–Crippen MR) is 136 cm³/mol. The number of aromatic nitrogens is 3. The van der Waals surface area contributed by atoms with Crippen LogP contribution in [0.1, 0.15) is 35.8 Å². The molecule has 0 saturated heterocycles. The van der Waals surface area contributed by atoms with Gasteiger partial charge < -0.3 is 24.2 Å². The fourth-order valence-electron chi connectivity index (χ4n) is 4.90. The van der Waals surface area contributed by atoms with Gasteiger partial charge in [0.05, 0.1) is 11.4 Å². The van der Waals surface area contributed by atoms with Crippen LogP contribution in [0.4, 0.5) is 4.39 Å². The maximum atomic E-state index is 14.5. The third-order valence-corrected chi connectivity index (χ3v) is 6.85. The number of halogens is 1. The first-order valence-electron chi connectivity index (χ1n) is 11.2. The standard InChI is InChI=1S/C26H24FN3O4S/c1-14(2)22-23(18-4-3-5-21-17(18)7-9-30(21)10-11-35(33)34)25(26(31)32)29-24(22)19-12-15(27)13-20-16(19)6-8-28-20/h3-9,12-14,28-29H,10-11H2,1-2H3,(H,31,32)(H,33,34). The van der Waals surface area contributed by atoms with Gasteiger partial charge in [-0.2, -0.15) is 0 Å². The Bertz CT molecular complexity index is 1610. The fraction of sp³-hybridized carbons (Fsp3) is 0.192. The number of carbonyl (C=O) groups is 1. The monoisotopic (exact) mass is 493 g/mol. The van der Waals surface area contributed by atoms with E-state index < -0.39 is 22.9 Å². The number of rotatable bonds is 7. The van der Waals surface area contributed by atoms with Gasteiger partial charge in [-0.25, -0.2) is 13.4 Å². The Hall–Kier alpha value is -3.69. The van der Waals surface area contributed by atoms with E-state index in [1.807, 2.05) is 54.9 Å². The van der Waals surface area contributed by atoms with Crippen LogP contribution in [0.2, 0.25) is 0 Å². The van der Waals surface area contributed by atoms with E-state index in [0.717, 1.165) is 27.4 Å². The molecule has 5 aromatic rings. The first-order chi connectivity index (χ1) is 16.8. The molecule has 1 atom stereocenters. The van der Waals surface area contributed by atoms with Crippen molar-refractivity contribution in [2.45, 2.75) is 26.3 Å². The van der Waals surface area contributed by atoms with Crippen LogP contribution in [0.3, 0.4) is 0 Å². The number of benzene rings is 2. The lowest BCUT2D eigenvalue weighted by Crippen LogP contribution is -2.05. The van der Waals surface area contributed by atoms with Crippen LogP contribution in [-0.4, -0.2) is 40.1 Å². The van der Waals surface area contributed by atoms with Crippen LogP contribution < -0.4 is 0 Å². The Morgan fingerprint density at radius 3 is 2.66 bits per heavy atom. The van der Waals surface area contributed by atoms with Crippen LogP contribution in [0.25, 0.3) is 44.2 Å². The molecule has 0 aliphatic carbocycles. The molecule has 0 spiro atoms. The molecule has 5 rings (SSSR count). The number of aryl methyl sites for hydroxylation is 1. The topological polar surface area (TPSA) is 111 Å². The molecule has 35 heavy (non-hydrogen) atoms. The smallest absolute Gasteiger partial charge is 0.352 e. The second kappa shape index (κ2) is 8.83. The highest BCUT2D eigenvalue weighted by molar-refractivity contribution is 7.79. The first-order valence-corrected chi connectivity index (χ1v) is 12.5. The number of hydrogen-bond acceptors (Lipinski definition) is 2. The molecule has 0 bridgehead atoms. The third kappa shape index (κ3) is 3.96. The minimum atomic E-state index is -1.92. The number of carboxylic acid groups (broad SMARTS) is 1. The predicted octanol–water partition coefficient (Wildman–Crippen LogP) is 5.97. The van der Waals surface area contributed by atoms with Gasteiger partial charge in [0.1, 0.15) is 11.5 Å². The lowest BCUT2D eigenvalue weighted by Gasteiger charge is -2.14. The maximum absolute atomic E-state index is 14.5. The molecule has 3 aromatic heterocycles. The molecule has 0 aliphatic heterocycles. The van der Waals surface area contributed by atoms with Gasteiger partial charge >= 0.3 is 5.97 Å². The number of nitrogens with zero attached hydrogens (tertiary/aromatic N) is 1. The summed E-state index contributed by atoms with van der Waals surface area (Å²) in [5.74, 6) is -1.51. The van der Waals surface area contributed by atoms with Crippen molar-refractivity contribution in [2.24, 2.45) is 0 Å². The van der Waals surface area contributed by atoms with Crippen LogP contribution in [-0.2, 0) is 17.6 Å². The summed E-state index contributed by atoms with van der Waals surface area (Å²) in [5.41, 5.74) is 4.74. The van der Waals surface area contributed by atoms with Crippen molar-refractivity contribution in [3.05, 3.63) is 71.9 Å². The van der Waals surface area contributed by atoms with Crippen molar-refractivity contribution in [2.75, 3.05) is 5.75 Å². The molecule has 0 aliphatic rings. The number of aromatic amines is 2. The van der Waals surface area contributed by atoms with Crippen LogP contribution in [0.15, 0.2) is 54.9 Å². The van der Waals surface area contributed by atoms with Crippen LogP contribution >= 0.6 is 0 Å². The summed E-state index contributed by atoms with van der Waals surface area (Å²) in [7, 11) is 0. The highest BCUT2D eigenvalue weighted by atomic mass is 32.2. The first kappa shape index (κ1) is 23.1. The highest BCUT2D eigenvalue weighted by Crippen LogP contribution is 2.44. The minimum Gasteiger partial charge on any atom is -0.477 e. The average Bonchev–Trinajstić information content (AvgIpc) is 3.53. The number of carboxylic acids is 1. The third-order valence-electron chi connectivity index (χ3n) is 6.32. The van der Waals surface area contributed by atoms with Crippen LogP contribution in [0.5, 0.6) is 0 Å². The van der Waals surface area contributed by atoms with Crippen molar-refractivity contribution in [1.29, 1.82) is 0 Å². The number of nitrogens with one attached hydrogen (secondary N) is 2. The second-order valence-electron chi connectivity index (χ2n) is 8.79. The van der Waals surface area contributed by atoms with Gasteiger partial charge in [0, 0.05) is 51.9 Å². The van der Waals surface area contributed by atoms with Crippen molar-refractivity contribution >= 4 is 38.9 Å². The molecule has 0 radical (unpaired) electrons. The summed E-state index contributed by atoms with van der Waals surface area (Å²) >= 11 is -1.92. The normalized spacial score (nSPS) is 12.7. The lowest BCUT2D eigenvalue weighted by molar-refractivity contribution is 0.0692. The number of fused-ring (bicyclic) bond motifs is 2. The Balaban J connectivity index is 1.80. The molecule has 4 N–H and O–H groups in total. The number of H-pyrrole nitrogens is 2. The van der Waals surface area contributed by atoms with E-state index >= 15 is 0 Å². The Labute approximate surface area is 202 Å². The molecule has 9 heteroatoms. The Kier molecular flexibility index (Phi) is 5.82. The average molecular weight is 494 g/mol. The van der Waals surface area contributed by atoms with Gasteiger partial charge in [0.15, 0.2) is 11.1 Å². The van der Waals surface area contributed by atoms with Gasteiger partial charge in [-0.1, -0.05) is 26.0 Å². The summed E-state index contributed by atoms with van der Waals surface area (Å²) in [6.07, 6.45) is 3.56. The van der Waals surface area contributed by atoms with E-state index in [4.69, 9.17) is 0 Å². The van der Waals surface area contributed by atoms with E-state index in [1.54, 1.807) is 6.20 Å². The summed E-state index contributed by atoms with van der Waals surface area (Å²) in [6.45, 7) is 4.32. The molecule has 2 aromatic carbocycles. The highest BCUT2D eigenvalue weighted by Gasteiger charge is 2.28. The Morgan fingerprint density at radius 2 is 1.94 bits per heavy atom. The number of hydrogen-bond donors (Lipinski definition) is 4. The van der Waals surface area contributed by atoms with Crippen molar-refractivity contribution in [3.8, 4) is 22.4 Å². The maximum Gasteiger partial charge on any atom is 0.352 e. The van der Waals surface area contributed by atoms with E-state index in [2.05, 4.69) is 9.97 Å². The zero-order chi connectivity index (χ0) is 24.9. The van der Waals surface area contributed by atoms with Gasteiger partial charge in [0.2, 0.25) is 0 Å². The van der Waals surface area contributed by atoms with Crippen molar-refractivity contribution in [3.63, 3.8) is 0 Å². The second-order valence-corrected chi connectivity index (χ2v) is 9.84. The lowest BCUT2D eigenvalue weighted by atomic mass is 9.89. The fourth-order valence-corrected chi connectivity index (χ4v) is 5.25. The molecule has 0 amide bonds. The summed E-state index contributed by atoms with van der Waals surface area (Å²) < 4.78 is 36.8.